The number of nitro benzene ring substituents is 1. The zero-order chi connectivity index (χ0) is 13.8. The molecule has 2 aromatic rings. The third kappa shape index (κ3) is 3.23. The molecule has 1 aromatic carbocycles. The first-order valence-corrected chi connectivity index (χ1v) is 5.98. The van der Waals surface area contributed by atoms with Crippen LogP contribution in [0.5, 0.6) is 5.75 Å². The molecular weight excluding hydrogens is 270 g/mol. The fourth-order valence-electron chi connectivity index (χ4n) is 1.62. The highest BCUT2D eigenvalue weighted by Crippen LogP contribution is 2.28. The Kier molecular flexibility index (Phi) is 4.01. The van der Waals surface area contributed by atoms with Crippen LogP contribution in [-0.2, 0) is 13.5 Å². The fourth-order valence-corrected chi connectivity index (χ4v) is 1.86. The molecule has 0 radical (unpaired) electrons. The van der Waals surface area contributed by atoms with Gasteiger partial charge >= 0.3 is 0 Å². The van der Waals surface area contributed by atoms with Crippen molar-refractivity contribution in [3.05, 3.63) is 51.6 Å². The fraction of sp³-hybridized carbons (Fsp3) is 0.250. The predicted octanol–water partition coefficient (Wildman–Crippen LogP) is 2.60. The Morgan fingerprint density at radius 1 is 1.53 bits per heavy atom. The van der Waals surface area contributed by atoms with E-state index in [1.165, 1.54) is 18.2 Å². The van der Waals surface area contributed by atoms with E-state index in [2.05, 4.69) is 4.98 Å². The van der Waals surface area contributed by atoms with Crippen LogP contribution in [0.3, 0.4) is 0 Å². The average Bonchev–Trinajstić information content (AvgIpc) is 2.75. The van der Waals surface area contributed by atoms with Crippen molar-refractivity contribution in [1.29, 1.82) is 0 Å². The number of aryl methyl sites for hydroxylation is 1. The van der Waals surface area contributed by atoms with Gasteiger partial charge in [-0.15, -0.1) is 0 Å². The molecule has 0 bridgehead atoms. The second kappa shape index (κ2) is 5.71. The zero-order valence-electron chi connectivity index (χ0n) is 10.2. The highest BCUT2D eigenvalue weighted by molar-refractivity contribution is 6.32. The van der Waals surface area contributed by atoms with Gasteiger partial charge in [-0.25, -0.2) is 4.98 Å². The average molecular weight is 282 g/mol. The van der Waals surface area contributed by atoms with Crippen molar-refractivity contribution in [1.82, 2.24) is 9.55 Å². The molecule has 19 heavy (non-hydrogen) atoms. The van der Waals surface area contributed by atoms with Crippen molar-refractivity contribution in [2.75, 3.05) is 6.61 Å². The third-order valence-corrected chi connectivity index (χ3v) is 2.93. The van der Waals surface area contributed by atoms with Crippen LogP contribution in [-0.4, -0.2) is 21.1 Å². The van der Waals surface area contributed by atoms with Gasteiger partial charge in [0.15, 0.2) is 0 Å². The smallest absolute Gasteiger partial charge is 0.288 e. The Morgan fingerprint density at radius 2 is 2.32 bits per heavy atom. The predicted molar refractivity (Wildman–Crippen MR) is 70.5 cm³/mol. The number of hydrogen-bond acceptors (Lipinski definition) is 4. The Bertz CT molecular complexity index is 598. The maximum atomic E-state index is 10.6. The summed E-state index contributed by atoms with van der Waals surface area (Å²) in [6.07, 6.45) is 4.23. The van der Waals surface area contributed by atoms with Gasteiger partial charge in [-0.05, 0) is 6.07 Å². The number of hydrogen-bond donors (Lipinski definition) is 0. The summed E-state index contributed by atoms with van der Waals surface area (Å²) in [5.74, 6) is 1.41. The van der Waals surface area contributed by atoms with Crippen molar-refractivity contribution in [3.8, 4) is 5.75 Å². The lowest BCUT2D eigenvalue weighted by molar-refractivity contribution is -0.384. The van der Waals surface area contributed by atoms with E-state index in [0.717, 1.165) is 5.82 Å². The summed E-state index contributed by atoms with van der Waals surface area (Å²) in [6.45, 7) is 0.430. The molecule has 0 aliphatic carbocycles. The number of nitro groups is 1. The van der Waals surface area contributed by atoms with Gasteiger partial charge in [0.2, 0.25) is 0 Å². The molecule has 6 nitrogen and oxygen atoms in total. The van der Waals surface area contributed by atoms with Crippen LogP contribution in [0.15, 0.2) is 30.6 Å². The minimum atomic E-state index is -0.528. The van der Waals surface area contributed by atoms with E-state index >= 15 is 0 Å². The van der Waals surface area contributed by atoms with E-state index in [1.54, 1.807) is 6.20 Å². The lowest BCUT2D eigenvalue weighted by atomic mass is 10.3. The molecule has 0 fully saturated rings. The van der Waals surface area contributed by atoms with Gasteiger partial charge in [-0.2, -0.15) is 0 Å². The SMILES string of the molecule is Cn1ccnc1CCOc1ccc([N+](=O)[O-])c(Cl)c1. The maximum Gasteiger partial charge on any atom is 0.288 e. The van der Waals surface area contributed by atoms with E-state index in [1.807, 2.05) is 17.8 Å². The summed E-state index contributed by atoms with van der Waals surface area (Å²) < 4.78 is 7.40. The summed E-state index contributed by atoms with van der Waals surface area (Å²) in [6, 6.07) is 4.30. The molecule has 0 atom stereocenters. The summed E-state index contributed by atoms with van der Waals surface area (Å²) in [5.41, 5.74) is -0.127. The van der Waals surface area contributed by atoms with E-state index < -0.39 is 4.92 Å². The molecule has 0 spiro atoms. The van der Waals surface area contributed by atoms with Crippen LogP contribution in [0.25, 0.3) is 0 Å². The molecule has 0 unspecified atom stereocenters. The van der Waals surface area contributed by atoms with Crippen molar-refractivity contribution in [3.63, 3.8) is 0 Å². The molecular formula is C12H12ClN3O3. The third-order valence-electron chi connectivity index (χ3n) is 2.63. The number of halogens is 1. The van der Waals surface area contributed by atoms with Gasteiger partial charge in [0.1, 0.15) is 16.6 Å². The summed E-state index contributed by atoms with van der Waals surface area (Å²) in [7, 11) is 1.91. The van der Waals surface area contributed by atoms with Crippen LogP contribution < -0.4 is 4.74 Å². The molecule has 0 aliphatic heterocycles. The normalized spacial score (nSPS) is 10.4. The first kappa shape index (κ1) is 13.4. The molecule has 1 heterocycles. The molecule has 100 valence electrons. The Hall–Kier alpha value is -2.08. The van der Waals surface area contributed by atoms with Gasteiger partial charge in [-0.3, -0.25) is 10.1 Å². The number of nitrogens with zero attached hydrogens (tertiary/aromatic N) is 3. The molecule has 1 aromatic heterocycles. The van der Waals surface area contributed by atoms with Gasteiger partial charge < -0.3 is 9.30 Å². The molecule has 7 heteroatoms. The topological polar surface area (TPSA) is 70.2 Å². The summed E-state index contributed by atoms with van der Waals surface area (Å²) >= 11 is 5.79. The van der Waals surface area contributed by atoms with Gasteiger partial charge in [0.05, 0.1) is 11.5 Å². The summed E-state index contributed by atoms with van der Waals surface area (Å²) in [5, 5.41) is 10.7. The van der Waals surface area contributed by atoms with E-state index in [-0.39, 0.29) is 10.7 Å². The molecule has 2 rings (SSSR count). The van der Waals surface area contributed by atoms with E-state index in [0.29, 0.717) is 18.8 Å². The van der Waals surface area contributed by atoms with Crippen molar-refractivity contribution < 1.29 is 9.66 Å². The number of ether oxygens (including phenoxy) is 1. The lowest BCUT2D eigenvalue weighted by Crippen LogP contribution is -2.06. The molecule has 0 saturated carbocycles. The molecule has 0 saturated heterocycles. The zero-order valence-corrected chi connectivity index (χ0v) is 11.0. The molecule has 0 aliphatic rings. The van der Waals surface area contributed by atoms with Crippen LogP contribution in [0.1, 0.15) is 5.82 Å². The van der Waals surface area contributed by atoms with E-state index in [9.17, 15) is 10.1 Å². The van der Waals surface area contributed by atoms with Gasteiger partial charge in [-0.1, -0.05) is 11.6 Å². The molecule has 0 N–H and O–H groups in total. The Balaban J connectivity index is 1.95. The maximum absolute atomic E-state index is 10.6. The minimum Gasteiger partial charge on any atom is -0.493 e. The standard InChI is InChI=1S/C12H12ClN3O3/c1-15-6-5-14-12(15)4-7-19-9-2-3-11(16(17)18)10(13)8-9/h2-3,5-6,8H,4,7H2,1H3. The monoisotopic (exact) mass is 281 g/mol. The second-order valence-corrected chi connectivity index (χ2v) is 4.33. The first-order chi connectivity index (χ1) is 9.08. The molecule has 0 amide bonds. The Labute approximate surface area is 114 Å². The van der Waals surface area contributed by atoms with Crippen molar-refractivity contribution in [2.24, 2.45) is 7.05 Å². The van der Waals surface area contributed by atoms with Crippen LogP contribution >= 0.6 is 11.6 Å². The van der Waals surface area contributed by atoms with Gasteiger partial charge in [0, 0.05) is 38.0 Å². The van der Waals surface area contributed by atoms with Crippen LogP contribution in [0.4, 0.5) is 5.69 Å². The number of aromatic nitrogens is 2. The van der Waals surface area contributed by atoms with Crippen LogP contribution in [0.2, 0.25) is 5.02 Å². The van der Waals surface area contributed by atoms with E-state index in [4.69, 9.17) is 16.3 Å². The number of benzene rings is 1. The minimum absolute atomic E-state index is 0.0690. The first-order valence-electron chi connectivity index (χ1n) is 5.61. The van der Waals surface area contributed by atoms with Crippen molar-refractivity contribution in [2.45, 2.75) is 6.42 Å². The number of imidazole rings is 1. The largest absolute Gasteiger partial charge is 0.493 e. The lowest BCUT2D eigenvalue weighted by Gasteiger charge is -2.06. The summed E-state index contributed by atoms with van der Waals surface area (Å²) in [4.78, 5) is 14.3. The Morgan fingerprint density at radius 3 is 2.89 bits per heavy atom. The van der Waals surface area contributed by atoms with Crippen molar-refractivity contribution >= 4 is 17.3 Å². The quantitative estimate of drug-likeness (QED) is 0.624. The van der Waals surface area contributed by atoms with Gasteiger partial charge in [0.25, 0.3) is 5.69 Å². The second-order valence-electron chi connectivity index (χ2n) is 3.92. The highest BCUT2D eigenvalue weighted by atomic mass is 35.5. The van der Waals surface area contributed by atoms with Crippen LogP contribution in [0, 0.1) is 10.1 Å². The number of rotatable bonds is 5. The highest BCUT2D eigenvalue weighted by Gasteiger charge is 2.12.